The summed E-state index contributed by atoms with van der Waals surface area (Å²) in [7, 11) is 0. The van der Waals surface area contributed by atoms with Gasteiger partial charge in [0, 0.05) is 44.2 Å². The monoisotopic (exact) mass is 243 g/mol. The summed E-state index contributed by atoms with van der Waals surface area (Å²) in [5.41, 5.74) is 0. The Bertz CT molecular complexity index is 269. The molecule has 0 radical (unpaired) electrons. The molecule has 2 rings (SSSR count). The molecule has 90 valence electrons. The number of nitrogens with one attached hydrogen (secondary N) is 1. The molecule has 0 spiro atoms. The fourth-order valence-corrected chi connectivity index (χ4v) is 2.97. The molecule has 2 heterocycles. The van der Waals surface area contributed by atoms with Gasteiger partial charge in [-0.25, -0.2) is 0 Å². The van der Waals surface area contributed by atoms with Crippen molar-refractivity contribution in [3.63, 3.8) is 0 Å². The number of piperazine rings is 1. The van der Waals surface area contributed by atoms with Crippen LogP contribution in [-0.4, -0.2) is 72.4 Å². The molecule has 0 aliphatic carbocycles. The molecule has 2 aliphatic rings. The Balaban J connectivity index is 1.97. The first kappa shape index (κ1) is 11.7. The van der Waals surface area contributed by atoms with Crippen LogP contribution >= 0.6 is 11.8 Å². The maximum absolute atomic E-state index is 12.2. The van der Waals surface area contributed by atoms with Crippen LogP contribution in [0.5, 0.6) is 0 Å². The average molecular weight is 243 g/mol. The summed E-state index contributed by atoms with van der Waals surface area (Å²) in [5.74, 6) is 2.11. The standard InChI is InChI=1S/C10H17N3O2S/c14-8-13-2-1-11-7-9(13)10(15)12-3-5-16-6-4-12/h8-9,11H,1-7H2. The maximum Gasteiger partial charge on any atom is 0.246 e. The first-order valence-electron chi connectivity index (χ1n) is 5.61. The molecule has 2 aliphatic heterocycles. The van der Waals surface area contributed by atoms with Crippen molar-refractivity contribution in [3.05, 3.63) is 0 Å². The average Bonchev–Trinajstić information content (AvgIpc) is 2.39. The van der Waals surface area contributed by atoms with Crippen LogP contribution < -0.4 is 5.32 Å². The van der Waals surface area contributed by atoms with Gasteiger partial charge in [0.1, 0.15) is 6.04 Å². The summed E-state index contributed by atoms with van der Waals surface area (Å²) < 4.78 is 0. The molecular formula is C10H17N3O2S. The topological polar surface area (TPSA) is 52.7 Å². The highest BCUT2D eigenvalue weighted by molar-refractivity contribution is 7.99. The summed E-state index contributed by atoms with van der Waals surface area (Å²) in [6.45, 7) is 3.61. The van der Waals surface area contributed by atoms with Crippen molar-refractivity contribution in [3.8, 4) is 0 Å². The molecule has 6 heteroatoms. The minimum atomic E-state index is -0.297. The van der Waals surface area contributed by atoms with Crippen molar-refractivity contribution in [2.24, 2.45) is 0 Å². The number of carbonyl (C=O) groups is 2. The van der Waals surface area contributed by atoms with E-state index >= 15 is 0 Å². The summed E-state index contributed by atoms with van der Waals surface area (Å²) >= 11 is 1.88. The second kappa shape index (κ2) is 5.54. The SMILES string of the molecule is O=CN1CCNCC1C(=O)N1CCSCC1. The van der Waals surface area contributed by atoms with Gasteiger partial charge in [-0.2, -0.15) is 11.8 Å². The van der Waals surface area contributed by atoms with Crippen molar-refractivity contribution < 1.29 is 9.59 Å². The Morgan fingerprint density at radius 1 is 1.31 bits per heavy atom. The van der Waals surface area contributed by atoms with Gasteiger partial charge in [-0.3, -0.25) is 9.59 Å². The van der Waals surface area contributed by atoms with Crippen molar-refractivity contribution in [2.45, 2.75) is 6.04 Å². The zero-order chi connectivity index (χ0) is 11.4. The van der Waals surface area contributed by atoms with Crippen LogP contribution in [0.15, 0.2) is 0 Å². The molecule has 1 N–H and O–H groups in total. The molecule has 0 aromatic heterocycles. The fourth-order valence-electron chi connectivity index (χ4n) is 2.07. The zero-order valence-corrected chi connectivity index (χ0v) is 10.0. The molecule has 16 heavy (non-hydrogen) atoms. The Kier molecular flexibility index (Phi) is 4.06. The van der Waals surface area contributed by atoms with Crippen LogP contribution in [0.25, 0.3) is 0 Å². The molecular weight excluding hydrogens is 226 g/mol. The lowest BCUT2D eigenvalue weighted by molar-refractivity contribution is -0.141. The lowest BCUT2D eigenvalue weighted by Crippen LogP contribution is -2.58. The van der Waals surface area contributed by atoms with Crippen molar-refractivity contribution in [1.29, 1.82) is 0 Å². The van der Waals surface area contributed by atoms with Crippen LogP contribution in [0.2, 0.25) is 0 Å². The molecule has 0 saturated carbocycles. The van der Waals surface area contributed by atoms with E-state index in [-0.39, 0.29) is 11.9 Å². The Hall–Kier alpha value is -0.750. The molecule has 1 unspecified atom stereocenters. The number of hydrogen-bond acceptors (Lipinski definition) is 4. The highest BCUT2D eigenvalue weighted by Crippen LogP contribution is 2.12. The fraction of sp³-hybridized carbons (Fsp3) is 0.800. The van der Waals surface area contributed by atoms with Crippen LogP contribution in [-0.2, 0) is 9.59 Å². The summed E-state index contributed by atoms with van der Waals surface area (Å²) in [5, 5.41) is 3.17. The van der Waals surface area contributed by atoms with Gasteiger partial charge < -0.3 is 15.1 Å². The number of rotatable bonds is 2. The summed E-state index contributed by atoms with van der Waals surface area (Å²) in [6, 6.07) is -0.297. The Morgan fingerprint density at radius 3 is 2.75 bits per heavy atom. The molecule has 0 aromatic carbocycles. The second-order valence-electron chi connectivity index (χ2n) is 4.00. The number of hydrogen-bond donors (Lipinski definition) is 1. The van der Waals surface area contributed by atoms with Crippen molar-refractivity contribution in [1.82, 2.24) is 15.1 Å². The summed E-state index contributed by atoms with van der Waals surface area (Å²) in [6.07, 6.45) is 0.794. The molecule has 0 bridgehead atoms. The first-order chi connectivity index (χ1) is 7.83. The van der Waals surface area contributed by atoms with E-state index in [1.54, 1.807) is 4.90 Å². The molecule has 2 fully saturated rings. The normalized spacial score (nSPS) is 26.6. The van der Waals surface area contributed by atoms with E-state index in [1.165, 1.54) is 0 Å². The number of amides is 2. The van der Waals surface area contributed by atoms with E-state index in [0.717, 1.165) is 37.6 Å². The summed E-state index contributed by atoms with van der Waals surface area (Å²) in [4.78, 5) is 26.6. The smallest absolute Gasteiger partial charge is 0.246 e. The number of nitrogens with zero attached hydrogens (tertiary/aromatic N) is 2. The zero-order valence-electron chi connectivity index (χ0n) is 9.22. The van der Waals surface area contributed by atoms with E-state index in [4.69, 9.17) is 0 Å². The first-order valence-corrected chi connectivity index (χ1v) is 6.76. The largest absolute Gasteiger partial charge is 0.339 e. The maximum atomic E-state index is 12.2. The van der Waals surface area contributed by atoms with Gasteiger partial charge in [-0.15, -0.1) is 0 Å². The van der Waals surface area contributed by atoms with Gasteiger partial charge in [0.25, 0.3) is 0 Å². The molecule has 5 nitrogen and oxygen atoms in total. The lowest BCUT2D eigenvalue weighted by atomic mass is 10.1. The minimum absolute atomic E-state index is 0.0969. The van der Waals surface area contributed by atoms with Gasteiger partial charge in [0.2, 0.25) is 12.3 Å². The molecule has 1 atom stereocenters. The molecule has 0 aromatic rings. The van der Waals surface area contributed by atoms with Crippen LogP contribution in [0.3, 0.4) is 0 Å². The Labute approximate surface area is 99.5 Å². The van der Waals surface area contributed by atoms with Gasteiger partial charge in [0.05, 0.1) is 0 Å². The Morgan fingerprint density at radius 2 is 2.06 bits per heavy atom. The third kappa shape index (κ3) is 2.49. The van der Waals surface area contributed by atoms with Crippen LogP contribution in [0.4, 0.5) is 0 Å². The van der Waals surface area contributed by atoms with Gasteiger partial charge in [0.15, 0.2) is 0 Å². The third-order valence-electron chi connectivity index (χ3n) is 3.03. The second-order valence-corrected chi connectivity index (χ2v) is 5.23. The van der Waals surface area contributed by atoms with Crippen molar-refractivity contribution >= 4 is 24.1 Å². The van der Waals surface area contributed by atoms with Gasteiger partial charge >= 0.3 is 0 Å². The van der Waals surface area contributed by atoms with Crippen LogP contribution in [0.1, 0.15) is 0 Å². The van der Waals surface area contributed by atoms with Crippen molar-refractivity contribution in [2.75, 3.05) is 44.2 Å². The predicted octanol–water partition coefficient (Wildman–Crippen LogP) is -1.01. The lowest BCUT2D eigenvalue weighted by Gasteiger charge is -2.37. The van der Waals surface area contributed by atoms with Crippen LogP contribution in [0, 0.1) is 0 Å². The van der Waals surface area contributed by atoms with E-state index < -0.39 is 0 Å². The van der Waals surface area contributed by atoms with E-state index in [0.29, 0.717) is 13.1 Å². The van der Waals surface area contributed by atoms with Gasteiger partial charge in [-0.05, 0) is 0 Å². The molecule has 2 amide bonds. The van der Waals surface area contributed by atoms with Gasteiger partial charge in [-0.1, -0.05) is 0 Å². The third-order valence-corrected chi connectivity index (χ3v) is 3.97. The van der Waals surface area contributed by atoms with E-state index in [2.05, 4.69) is 5.32 Å². The number of carbonyl (C=O) groups excluding carboxylic acids is 2. The highest BCUT2D eigenvalue weighted by atomic mass is 32.2. The number of thioether (sulfide) groups is 1. The molecule has 2 saturated heterocycles. The quantitative estimate of drug-likeness (QED) is 0.632. The predicted molar refractivity (Wildman–Crippen MR) is 63.3 cm³/mol. The minimum Gasteiger partial charge on any atom is -0.339 e. The van der Waals surface area contributed by atoms with E-state index in [1.807, 2.05) is 16.7 Å². The van der Waals surface area contributed by atoms with E-state index in [9.17, 15) is 9.59 Å². The highest BCUT2D eigenvalue weighted by Gasteiger charge is 2.31.